The second-order valence-corrected chi connectivity index (χ2v) is 4.92. The Balaban J connectivity index is 1.85. The molecule has 0 bridgehead atoms. The number of nitrogens with zero attached hydrogens (tertiary/aromatic N) is 4. The van der Waals surface area contributed by atoms with Crippen molar-refractivity contribution in [2.75, 3.05) is 32.6 Å². The van der Waals surface area contributed by atoms with E-state index in [-0.39, 0.29) is 0 Å². The van der Waals surface area contributed by atoms with E-state index < -0.39 is 0 Å². The second kappa shape index (κ2) is 6.91. The largest absolute Gasteiger partial charge is 0.492 e. The zero-order valence-corrected chi connectivity index (χ0v) is 12.2. The van der Waals surface area contributed by atoms with Crippen molar-refractivity contribution >= 4 is 5.69 Å². The lowest BCUT2D eigenvalue weighted by Gasteiger charge is -2.12. The van der Waals surface area contributed by atoms with Gasteiger partial charge in [-0.05, 0) is 26.2 Å². The quantitative estimate of drug-likeness (QED) is 0.827. The molecule has 108 valence electrons. The van der Waals surface area contributed by atoms with E-state index in [2.05, 4.69) is 20.5 Å². The Kier molecular flexibility index (Phi) is 4.95. The maximum absolute atomic E-state index is 5.70. The van der Waals surface area contributed by atoms with Crippen LogP contribution in [0.5, 0.6) is 5.75 Å². The molecule has 1 aromatic heterocycles. The fourth-order valence-corrected chi connectivity index (χ4v) is 1.71. The fraction of sp³-hybridized carbons (Fsp3) is 0.429. The maximum atomic E-state index is 5.70. The summed E-state index contributed by atoms with van der Waals surface area (Å²) in [4.78, 5) is 2.09. The van der Waals surface area contributed by atoms with Gasteiger partial charge < -0.3 is 15.0 Å². The van der Waals surface area contributed by atoms with Crippen molar-refractivity contribution in [3.63, 3.8) is 0 Å². The minimum Gasteiger partial charge on any atom is -0.492 e. The molecule has 0 aliphatic rings. The summed E-state index contributed by atoms with van der Waals surface area (Å²) in [5, 5.41) is 11.2. The molecule has 0 fully saturated rings. The lowest BCUT2D eigenvalue weighted by Crippen LogP contribution is -2.19. The number of benzene rings is 1. The van der Waals surface area contributed by atoms with E-state index in [0.29, 0.717) is 13.2 Å². The number of nitrogens with one attached hydrogen (secondary N) is 1. The van der Waals surface area contributed by atoms with Crippen LogP contribution in [0.4, 0.5) is 5.69 Å². The zero-order chi connectivity index (χ0) is 14.4. The summed E-state index contributed by atoms with van der Waals surface area (Å²) < 4.78 is 7.39. The molecule has 2 aromatic rings. The van der Waals surface area contributed by atoms with Crippen LogP contribution in [-0.4, -0.2) is 47.1 Å². The highest BCUT2D eigenvalue weighted by molar-refractivity contribution is 5.48. The van der Waals surface area contributed by atoms with E-state index in [1.165, 1.54) is 0 Å². The molecule has 20 heavy (non-hydrogen) atoms. The first-order valence-electron chi connectivity index (χ1n) is 6.60. The molecule has 0 aliphatic carbocycles. The first-order valence-corrected chi connectivity index (χ1v) is 6.60. The monoisotopic (exact) mass is 275 g/mol. The normalized spacial score (nSPS) is 10.8. The van der Waals surface area contributed by atoms with E-state index in [1.54, 1.807) is 4.68 Å². The molecule has 0 unspecified atom stereocenters. The summed E-state index contributed by atoms with van der Waals surface area (Å²) in [6.45, 7) is 2.23. The van der Waals surface area contributed by atoms with Crippen LogP contribution in [0.25, 0.3) is 0 Å². The highest BCUT2D eigenvalue weighted by atomic mass is 16.5. The maximum Gasteiger partial charge on any atom is 0.121 e. The van der Waals surface area contributed by atoms with Gasteiger partial charge in [0.25, 0.3) is 0 Å². The summed E-state index contributed by atoms with van der Waals surface area (Å²) in [5.41, 5.74) is 1.92. The first kappa shape index (κ1) is 14.3. The number of anilines is 1. The number of hydrogen-bond acceptors (Lipinski definition) is 5. The van der Waals surface area contributed by atoms with Gasteiger partial charge in [-0.15, -0.1) is 5.10 Å². The predicted molar refractivity (Wildman–Crippen MR) is 78.8 cm³/mol. The van der Waals surface area contributed by atoms with Gasteiger partial charge in [-0.1, -0.05) is 11.3 Å². The molecular weight excluding hydrogens is 254 g/mol. The van der Waals surface area contributed by atoms with Crippen LogP contribution >= 0.6 is 0 Å². The highest BCUT2D eigenvalue weighted by Crippen LogP contribution is 2.17. The Morgan fingerprint density at radius 2 is 2.20 bits per heavy atom. The fourth-order valence-electron chi connectivity index (χ4n) is 1.71. The van der Waals surface area contributed by atoms with Crippen LogP contribution in [0.2, 0.25) is 0 Å². The summed E-state index contributed by atoms with van der Waals surface area (Å²) in [7, 11) is 5.92. The second-order valence-electron chi connectivity index (χ2n) is 4.92. The molecule has 6 heteroatoms. The van der Waals surface area contributed by atoms with Crippen LogP contribution < -0.4 is 10.1 Å². The number of aryl methyl sites for hydroxylation is 1. The summed E-state index contributed by atoms with van der Waals surface area (Å²) in [6, 6.07) is 7.94. The highest BCUT2D eigenvalue weighted by Gasteiger charge is 2.00. The van der Waals surface area contributed by atoms with Gasteiger partial charge in [0.15, 0.2) is 0 Å². The van der Waals surface area contributed by atoms with E-state index in [9.17, 15) is 0 Å². The van der Waals surface area contributed by atoms with E-state index in [1.807, 2.05) is 51.6 Å². The molecule has 0 aliphatic heterocycles. The van der Waals surface area contributed by atoms with Crippen molar-refractivity contribution in [1.29, 1.82) is 0 Å². The third-order valence-corrected chi connectivity index (χ3v) is 2.77. The number of ether oxygens (including phenoxy) is 1. The van der Waals surface area contributed by atoms with Gasteiger partial charge in [0.2, 0.25) is 0 Å². The standard InChI is InChI=1S/C14H21N5O/c1-18(2)7-8-20-14-6-4-5-12(9-14)15-10-13-11-19(3)17-16-13/h4-6,9,11,15H,7-8,10H2,1-3H3. The zero-order valence-electron chi connectivity index (χ0n) is 12.2. The van der Waals surface area contributed by atoms with Crippen molar-refractivity contribution in [2.24, 2.45) is 7.05 Å². The smallest absolute Gasteiger partial charge is 0.121 e. The number of hydrogen-bond donors (Lipinski definition) is 1. The van der Waals surface area contributed by atoms with Crippen LogP contribution in [0.15, 0.2) is 30.5 Å². The Hall–Kier alpha value is -2.08. The molecule has 1 N–H and O–H groups in total. The van der Waals surface area contributed by atoms with E-state index in [0.717, 1.165) is 23.7 Å². The number of likely N-dealkylation sites (N-methyl/N-ethyl adjacent to an activating group) is 1. The van der Waals surface area contributed by atoms with Gasteiger partial charge in [-0.2, -0.15) is 0 Å². The van der Waals surface area contributed by atoms with Gasteiger partial charge in [0.1, 0.15) is 18.1 Å². The molecule has 1 heterocycles. The number of aromatic nitrogens is 3. The van der Waals surface area contributed by atoms with Crippen molar-refractivity contribution in [2.45, 2.75) is 6.54 Å². The average Bonchev–Trinajstić information content (AvgIpc) is 2.82. The lowest BCUT2D eigenvalue weighted by molar-refractivity contribution is 0.261. The van der Waals surface area contributed by atoms with Gasteiger partial charge in [-0.3, -0.25) is 4.68 Å². The van der Waals surface area contributed by atoms with Gasteiger partial charge in [0.05, 0.1) is 6.54 Å². The van der Waals surface area contributed by atoms with Crippen molar-refractivity contribution < 1.29 is 4.74 Å². The van der Waals surface area contributed by atoms with Crippen LogP contribution in [-0.2, 0) is 13.6 Å². The Bertz CT molecular complexity index is 538. The molecule has 0 amide bonds. The molecule has 0 saturated heterocycles. The molecule has 0 radical (unpaired) electrons. The van der Waals surface area contributed by atoms with E-state index >= 15 is 0 Å². The van der Waals surface area contributed by atoms with Crippen molar-refractivity contribution in [3.05, 3.63) is 36.2 Å². The molecule has 1 aromatic carbocycles. The Morgan fingerprint density at radius 3 is 2.90 bits per heavy atom. The lowest BCUT2D eigenvalue weighted by atomic mass is 10.3. The first-order chi connectivity index (χ1) is 9.63. The van der Waals surface area contributed by atoms with Crippen molar-refractivity contribution in [3.8, 4) is 5.75 Å². The third kappa shape index (κ3) is 4.55. The topological polar surface area (TPSA) is 55.2 Å². The predicted octanol–water partition coefficient (Wildman–Crippen LogP) is 1.37. The molecule has 0 saturated carbocycles. The minimum atomic E-state index is 0.648. The summed E-state index contributed by atoms with van der Waals surface area (Å²) in [6.07, 6.45) is 1.89. The minimum absolute atomic E-state index is 0.648. The van der Waals surface area contributed by atoms with Gasteiger partial charge in [-0.25, -0.2) is 0 Å². The van der Waals surface area contributed by atoms with Crippen molar-refractivity contribution in [1.82, 2.24) is 19.9 Å². The molecular formula is C14H21N5O. The SMILES string of the molecule is CN(C)CCOc1cccc(NCc2cn(C)nn2)c1. The van der Waals surface area contributed by atoms with Gasteiger partial charge in [0, 0.05) is 31.5 Å². The van der Waals surface area contributed by atoms with Crippen LogP contribution in [0, 0.1) is 0 Å². The summed E-state index contributed by atoms with van der Waals surface area (Å²) in [5.74, 6) is 0.871. The Labute approximate surface area is 119 Å². The molecule has 6 nitrogen and oxygen atoms in total. The van der Waals surface area contributed by atoms with Crippen LogP contribution in [0.1, 0.15) is 5.69 Å². The Morgan fingerprint density at radius 1 is 1.35 bits per heavy atom. The third-order valence-electron chi connectivity index (χ3n) is 2.77. The molecule has 2 rings (SSSR count). The van der Waals surface area contributed by atoms with Crippen LogP contribution in [0.3, 0.4) is 0 Å². The van der Waals surface area contributed by atoms with E-state index in [4.69, 9.17) is 4.74 Å². The summed E-state index contributed by atoms with van der Waals surface area (Å²) >= 11 is 0. The molecule has 0 atom stereocenters. The van der Waals surface area contributed by atoms with Gasteiger partial charge >= 0.3 is 0 Å². The average molecular weight is 275 g/mol. The number of rotatable bonds is 7. The molecule has 0 spiro atoms.